The van der Waals surface area contributed by atoms with E-state index in [4.69, 9.17) is 0 Å². The maximum absolute atomic E-state index is 3.73. The van der Waals surface area contributed by atoms with Gasteiger partial charge in [-0.2, -0.15) is 11.8 Å². The van der Waals surface area contributed by atoms with Crippen LogP contribution in [0.3, 0.4) is 0 Å². The highest BCUT2D eigenvalue weighted by Crippen LogP contribution is 2.29. The summed E-state index contributed by atoms with van der Waals surface area (Å²) in [5.74, 6) is 2.34. The third-order valence-corrected chi connectivity index (χ3v) is 4.97. The summed E-state index contributed by atoms with van der Waals surface area (Å²) in [4.78, 5) is 0. The Morgan fingerprint density at radius 3 is 2.53 bits per heavy atom. The summed E-state index contributed by atoms with van der Waals surface area (Å²) in [5, 5.41) is 4.50. The Balaban J connectivity index is 2.18. The van der Waals surface area contributed by atoms with Crippen LogP contribution in [0.4, 0.5) is 0 Å². The largest absolute Gasteiger partial charge is 0.313 e. The highest BCUT2D eigenvalue weighted by Gasteiger charge is 2.17. The van der Waals surface area contributed by atoms with E-state index in [9.17, 15) is 0 Å². The molecule has 0 spiro atoms. The Labute approximate surface area is 113 Å². The van der Waals surface area contributed by atoms with Gasteiger partial charge in [0.15, 0.2) is 0 Å². The van der Waals surface area contributed by atoms with Crippen molar-refractivity contribution >= 4 is 11.8 Å². The van der Waals surface area contributed by atoms with E-state index in [0.29, 0.717) is 0 Å². The van der Waals surface area contributed by atoms with E-state index in [0.717, 1.165) is 17.2 Å². The third-order valence-electron chi connectivity index (χ3n) is 3.71. The first-order chi connectivity index (χ1) is 8.22. The molecule has 102 valence electrons. The molecule has 0 bridgehead atoms. The van der Waals surface area contributed by atoms with Gasteiger partial charge in [-0.3, -0.25) is 0 Å². The second-order valence-corrected chi connectivity index (χ2v) is 7.37. The van der Waals surface area contributed by atoms with Gasteiger partial charge in [0.25, 0.3) is 0 Å². The molecule has 0 aliphatic heterocycles. The molecule has 17 heavy (non-hydrogen) atoms. The molecule has 0 aromatic heterocycles. The van der Waals surface area contributed by atoms with E-state index in [2.05, 4.69) is 37.8 Å². The smallest absolute Gasteiger partial charge is 0.0158 e. The van der Waals surface area contributed by atoms with Crippen LogP contribution in [0.1, 0.15) is 65.7 Å². The molecule has 1 aliphatic rings. The summed E-state index contributed by atoms with van der Waals surface area (Å²) in [7, 11) is 0. The molecule has 0 aromatic carbocycles. The SMILES string of the molecule is CCCNC(CCC1CCCC1)CSC(C)C. The van der Waals surface area contributed by atoms with Crippen molar-refractivity contribution in [2.75, 3.05) is 12.3 Å². The highest BCUT2D eigenvalue weighted by molar-refractivity contribution is 7.99. The van der Waals surface area contributed by atoms with Crippen molar-refractivity contribution in [1.82, 2.24) is 5.32 Å². The summed E-state index contributed by atoms with van der Waals surface area (Å²) < 4.78 is 0. The first-order valence-electron chi connectivity index (χ1n) is 7.57. The van der Waals surface area contributed by atoms with E-state index >= 15 is 0 Å². The van der Waals surface area contributed by atoms with Gasteiger partial charge >= 0.3 is 0 Å². The summed E-state index contributed by atoms with van der Waals surface area (Å²) >= 11 is 2.11. The molecule has 0 heterocycles. The van der Waals surface area contributed by atoms with E-state index in [-0.39, 0.29) is 0 Å². The van der Waals surface area contributed by atoms with Crippen LogP contribution in [0, 0.1) is 5.92 Å². The Bertz CT molecular complexity index is 176. The van der Waals surface area contributed by atoms with E-state index in [1.165, 1.54) is 57.2 Å². The van der Waals surface area contributed by atoms with Crippen LogP contribution in [-0.4, -0.2) is 23.6 Å². The number of hydrogen-bond donors (Lipinski definition) is 1. The van der Waals surface area contributed by atoms with E-state index in [1.807, 2.05) is 0 Å². The molecule has 1 N–H and O–H groups in total. The van der Waals surface area contributed by atoms with Crippen molar-refractivity contribution in [1.29, 1.82) is 0 Å². The number of nitrogens with one attached hydrogen (secondary N) is 1. The zero-order valence-electron chi connectivity index (χ0n) is 12.0. The van der Waals surface area contributed by atoms with Gasteiger partial charge in [-0.05, 0) is 37.0 Å². The molecule has 1 unspecified atom stereocenters. The average molecular weight is 257 g/mol. The lowest BCUT2D eigenvalue weighted by Crippen LogP contribution is -2.32. The predicted molar refractivity (Wildman–Crippen MR) is 80.9 cm³/mol. The molecule has 1 rings (SSSR count). The molecule has 0 radical (unpaired) electrons. The Hall–Kier alpha value is 0.310. The van der Waals surface area contributed by atoms with Crippen molar-refractivity contribution in [3.8, 4) is 0 Å². The van der Waals surface area contributed by atoms with Gasteiger partial charge in [0.05, 0.1) is 0 Å². The molecule has 1 saturated carbocycles. The second kappa shape index (κ2) is 9.27. The number of rotatable bonds is 9. The maximum atomic E-state index is 3.73. The van der Waals surface area contributed by atoms with Gasteiger partial charge in [0, 0.05) is 11.8 Å². The monoisotopic (exact) mass is 257 g/mol. The predicted octanol–water partition coefficient (Wildman–Crippen LogP) is 4.47. The van der Waals surface area contributed by atoms with Crippen molar-refractivity contribution in [2.24, 2.45) is 5.92 Å². The maximum Gasteiger partial charge on any atom is 0.0158 e. The third kappa shape index (κ3) is 7.35. The first-order valence-corrected chi connectivity index (χ1v) is 8.62. The van der Waals surface area contributed by atoms with Crippen LogP contribution in [0.5, 0.6) is 0 Å². The van der Waals surface area contributed by atoms with Crippen LogP contribution in [0.15, 0.2) is 0 Å². The van der Waals surface area contributed by atoms with Gasteiger partial charge < -0.3 is 5.32 Å². The van der Waals surface area contributed by atoms with Crippen molar-refractivity contribution < 1.29 is 0 Å². The van der Waals surface area contributed by atoms with Crippen LogP contribution >= 0.6 is 11.8 Å². The minimum absolute atomic E-state index is 0.753. The topological polar surface area (TPSA) is 12.0 Å². The quantitative estimate of drug-likeness (QED) is 0.654. The Kier molecular flexibility index (Phi) is 8.38. The van der Waals surface area contributed by atoms with Crippen LogP contribution in [0.25, 0.3) is 0 Å². The van der Waals surface area contributed by atoms with Crippen molar-refractivity contribution in [3.63, 3.8) is 0 Å². The number of thioether (sulfide) groups is 1. The second-order valence-electron chi connectivity index (χ2n) is 5.76. The van der Waals surface area contributed by atoms with Gasteiger partial charge in [-0.1, -0.05) is 46.5 Å². The Morgan fingerprint density at radius 2 is 1.94 bits per heavy atom. The van der Waals surface area contributed by atoms with Crippen LogP contribution < -0.4 is 5.32 Å². The fourth-order valence-electron chi connectivity index (χ4n) is 2.64. The van der Waals surface area contributed by atoms with Crippen LogP contribution in [-0.2, 0) is 0 Å². The molecule has 2 heteroatoms. The van der Waals surface area contributed by atoms with Crippen LogP contribution in [0.2, 0.25) is 0 Å². The average Bonchev–Trinajstić information content (AvgIpc) is 2.80. The molecular weight excluding hydrogens is 226 g/mol. The lowest BCUT2D eigenvalue weighted by molar-refractivity contribution is 0.423. The molecular formula is C15H31NS. The zero-order chi connectivity index (χ0) is 12.5. The summed E-state index contributed by atoms with van der Waals surface area (Å²) in [6.07, 6.45) is 10.1. The molecule has 1 atom stereocenters. The van der Waals surface area contributed by atoms with Gasteiger partial charge in [-0.15, -0.1) is 0 Å². The van der Waals surface area contributed by atoms with Gasteiger partial charge in [0.1, 0.15) is 0 Å². The highest BCUT2D eigenvalue weighted by atomic mass is 32.2. The fraction of sp³-hybridized carbons (Fsp3) is 1.00. The molecule has 0 saturated heterocycles. The standard InChI is InChI=1S/C15H31NS/c1-4-11-16-15(12-17-13(2)3)10-9-14-7-5-6-8-14/h13-16H,4-12H2,1-3H3. The minimum atomic E-state index is 0.753. The lowest BCUT2D eigenvalue weighted by Gasteiger charge is -2.21. The van der Waals surface area contributed by atoms with Gasteiger partial charge in [0.2, 0.25) is 0 Å². The molecule has 1 fully saturated rings. The van der Waals surface area contributed by atoms with E-state index < -0.39 is 0 Å². The lowest BCUT2D eigenvalue weighted by atomic mass is 9.99. The molecule has 1 aliphatic carbocycles. The summed E-state index contributed by atoms with van der Waals surface area (Å²) in [5.41, 5.74) is 0. The Morgan fingerprint density at radius 1 is 1.24 bits per heavy atom. The molecule has 0 aromatic rings. The van der Waals surface area contributed by atoms with E-state index in [1.54, 1.807) is 0 Å². The minimum Gasteiger partial charge on any atom is -0.313 e. The fourth-order valence-corrected chi connectivity index (χ4v) is 3.54. The normalized spacial score (nSPS) is 19.1. The first kappa shape index (κ1) is 15.4. The van der Waals surface area contributed by atoms with Gasteiger partial charge in [-0.25, -0.2) is 0 Å². The zero-order valence-corrected chi connectivity index (χ0v) is 12.8. The number of hydrogen-bond acceptors (Lipinski definition) is 2. The van der Waals surface area contributed by atoms with Crippen molar-refractivity contribution in [2.45, 2.75) is 77.0 Å². The molecule has 0 amide bonds. The summed E-state index contributed by atoms with van der Waals surface area (Å²) in [6.45, 7) is 8.06. The van der Waals surface area contributed by atoms with Crippen molar-refractivity contribution in [3.05, 3.63) is 0 Å². The summed E-state index contributed by atoms with van der Waals surface area (Å²) in [6, 6.07) is 0.753. The molecule has 1 nitrogen and oxygen atoms in total.